The van der Waals surface area contributed by atoms with Crippen molar-refractivity contribution < 1.29 is 23.8 Å². The van der Waals surface area contributed by atoms with Crippen LogP contribution in [0.2, 0.25) is 0 Å². The van der Waals surface area contributed by atoms with Crippen LogP contribution in [0, 0.1) is 0 Å². The summed E-state index contributed by atoms with van der Waals surface area (Å²) >= 11 is 0. The van der Waals surface area contributed by atoms with Crippen molar-refractivity contribution in [1.82, 2.24) is 19.6 Å². The third-order valence-corrected chi connectivity index (χ3v) is 4.90. The topological polar surface area (TPSA) is 87.9 Å². The van der Waals surface area contributed by atoms with E-state index < -0.39 is 24.0 Å². The molecule has 1 aromatic heterocycles. The summed E-state index contributed by atoms with van der Waals surface area (Å²) in [5.74, 6) is -0.365. The third kappa shape index (κ3) is 3.65. The number of halogens is 1. The fourth-order valence-electron chi connectivity index (χ4n) is 3.61. The van der Waals surface area contributed by atoms with Crippen LogP contribution in [-0.4, -0.2) is 74.2 Å². The average molecular weight is 382 g/mol. The number of rotatable bonds is 1. The van der Waals surface area contributed by atoms with Gasteiger partial charge in [0.05, 0.1) is 31.9 Å². The van der Waals surface area contributed by atoms with Gasteiger partial charge in [0, 0.05) is 25.1 Å². The number of fused-ring (bicyclic) bond motifs is 3. The third-order valence-electron chi connectivity index (χ3n) is 4.90. The van der Waals surface area contributed by atoms with Gasteiger partial charge in [0.25, 0.3) is 5.91 Å². The normalized spacial score (nSPS) is 25.7. The molecule has 0 fully saturated rings. The summed E-state index contributed by atoms with van der Waals surface area (Å²) < 4.78 is 21.7. The van der Waals surface area contributed by atoms with E-state index in [4.69, 9.17) is 4.74 Å². The number of hydrogen-bond acceptors (Lipinski definition) is 5. The summed E-state index contributed by atoms with van der Waals surface area (Å²) in [5, 5.41) is 13.9. The number of aromatic nitrogens is 2. The number of aliphatic hydroxyl groups excluding tert-OH is 1. The summed E-state index contributed by atoms with van der Waals surface area (Å²) in [6, 6.07) is -0.160. The number of nitrogens with zero attached hydrogens (tertiary/aromatic N) is 4. The zero-order chi connectivity index (χ0) is 20.1. The highest BCUT2D eigenvalue weighted by Gasteiger charge is 2.42. The van der Waals surface area contributed by atoms with Crippen LogP contribution in [0.1, 0.15) is 49.4 Å². The van der Waals surface area contributed by atoms with Crippen molar-refractivity contribution in [3.05, 3.63) is 17.0 Å². The van der Waals surface area contributed by atoms with Crippen LogP contribution >= 0.6 is 0 Å². The highest BCUT2D eigenvalue weighted by atomic mass is 19.1. The molecular weight excluding hydrogens is 355 g/mol. The number of alkyl halides is 1. The molecule has 0 aromatic carbocycles. The summed E-state index contributed by atoms with van der Waals surface area (Å²) in [6.45, 7) is 6.34. The molecule has 150 valence electrons. The van der Waals surface area contributed by atoms with E-state index in [1.54, 1.807) is 25.7 Å². The summed E-state index contributed by atoms with van der Waals surface area (Å²) in [5.41, 5.74) is -1.00. The van der Waals surface area contributed by atoms with Crippen molar-refractivity contribution in [2.75, 3.05) is 20.2 Å². The van der Waals surface area contributed by atoms with E-state index in [-0.39, 0.29) is 37.3 Å². The minimum atomic E-state index is -1.96. The lowest BCUT2D eigenvalue weighted by atomic mass is 9.99. The minimum Gasteiger partial charge on any atom is -0.444 e. The smallest absolute Gasteiger partial charge is 0.410 e. The van der Waals surface area contributed by atoms with Crippen molar-refractivity contribution >= 4 is 12.0 Å². The van der Waals surface area contributed by atoms with Crippen molar-refractivity contribution in [3.63, 3.8) is 0 Å². The van der Waals surface area contributed by atoms with Crippen molar-refractivity contribution in [2.45, 2.75) is 64.5 Å². The molecule has 1 unspecified atom stereocenters. The van der Waals surface area contributed by atoms with Gasteiger partial charge in [-0.05, 0) is 27.7 Å². The first kappa shape index (κ1) is 19.6. The molecule has 27 heavy (non-hydrogen) atoms. The van der Waals surface area contributed by atoms with Gasteiger partial charge >= 0.3 is 6.09 Å². The Morgan fingerprint density at radius 2 is 2.07 bits per heavy atom. The average Bonchev–Trinajstić information content (AvgIpc) is 2.83. The van der Waals surface area contributed by atoms with Crippen LogP contribution in [0.3, 0.4) is 0 Å². The zero-order valence-corrected chi connectivity index (χ0v) is 16.5. The molecule has 0 spiro atoms. The molecule has 2 atom stereocenters. The molecule has 1 aromatic rings. The second kappa shape index (κ2) is 6.47. The van der Waals surface area contributed by atoms with Crippen LogP contribution in [0.15, 0.2) is 0 Å². The zero-order valence-electron chi connectivity index (χ0n) is 16.5. The number of carbonyl (C=O) groups is 2. The van der Waals surface area contributed by atoms with Gasteiger partial charge in [0.2, 0.25) is 0 Å². The Hall–Kier alpha value is -2.16. The van der Waals surface area contributed by atoms with Crippen LogP contribution in [0.5, 0.6) is 0 Å². The molecule has 0 bridgehead atoms. The molecular formula is C18H27FN4O4. The molecule has 0 saturated heterocycles. The van der Waals surface area contributed by atoms with E-state index in [2.05, 4.69) is 5.10 Å². The maximum atomic E-state index is 14.9. The lowest BCUT2D eigenvalue weighted by Gasteiger charge is -2.34. The number of amides is 2. The summed E-state index contributed by atoms with van der Waals surface area (Å²) in [7, 11) is 1.50. The van der Waals surface area contributed by atoms with Crippen molar-refractivity contribution in [1.29, 1.82) is 0 Å². The Balaban J connectivity index is 1.98. The number of ether oxygens (including phenoxy) is 1. The first-order chi connectivity index (χ1) is 12.4. The van der Waals surface area contributed by atoms with Crippen LogP contribution in [0.25, 0.3) is 0 Å². The maximum absolute atomic E-state index is 14.9. The Kier molecular flexibility index (Phi) is 4.70. The van der Waals surface area contributed by atoms with Gasteiger partial charge in [0.1, 0.15) is 11.3 Å². The number of hydrogen-bond donors (Lipinski definition) is 1. The van der Waals surface area contributed by atoms with Crippen molar-refractivity contribution in [3.8, 4) is 0 Å². The van der Waals surface area contributed by atoms with Gasteiger partial charge in [-0.1, -0.05) is 0 Å². The van der Waals surface area contributed by atoms with Gasteiger partial charge in [-0.3, -0.25) is 9.48 Å². The fraction of sp³-hybridized carbons (Fsp3) is 0.722. The molecule has 0 saturated carbocycles. The van der Waals surface area contributed by atoms with E-state index in [1.165, 1.54) is 16.6 Å². The molecule has 1 N–H and O–H groups in total. The van der Waals surface area contributed by atoms with E-state index in [9.17, 15) is 19.1 Å². The van der Waals surface area contributed by atoms with Crippen molar-refractivity contribution in [2.24, 2.45) is 0 Å². The standard InChI is InChI=1S/C18H27FN4O4/c1-11-6-13-12(7-22(11)16(26)27-17(2,3)4)14-15(25)21(5)8-18(19,10-24)9-23(14)20-13/h11,24H,6-10H2,1-5H3/t11-,18?/m1/s1. The van der Waals surface area contributed by atoms with Gasteiger partial charge in [-0.15, -0.1) is 0 Å². The molecule has 8 nitrogen and oxygen atoms in total. The molecule has 3 heterocycles. The fourth-order valence-corrected chi connectivity index (χ4v) is 3.61. The SMILES string of the molecule is C[C@@H]1Cc2nn3c(c2CN1C(=O)OC(C)(C)C)C(=O)N(C)CC(F)(CO)C3. The van der Waals surface area contributed by atoms with E-state index in [0.717, 1.165) is 0 Å². The second-order valence-electron chi connectivity index (χ2n) is 8.56. The largest absolute Gasteiger partial charge is 0.444 e. The van der Waals surface area contributed by atoms with Gasteiger partial charge in [-0.25, -0.2) is 9.18 Å². The molecule has 2 amide bonds. The summed E-state index contributed by atoms with van der Waals surface area (Å²) in [4.78, 5) is 28.2. The molecule has 9 heteroatoms. The predicted octanol–water partition coefficient (Wildman–Crippen LogP) is 1.35. The molecule has 0 radical (unpaired) electrons. The molecule has 2 aliphatic heterocycles. The highest BCUT2D eigenvalue weighted by Crippen LogP contribution is 2.31. The Morgan fingerprint density at radius 3 is 2.67 bits per heavy atom. The summed E-state index contributed by atoms with van der Waals surface area (Å²) in [6.07, 6.45) is -0.00510. The second-order valence-corrected chi connectivity index (χ2v) is 8.56. The van der Waals surface area contributed by atoms with Crippen LogP contribution in [0.4, 0.5) is 9.18 Å². The first-order valence-corrected chi connectivity index (χ1v) is 9.07. The highest BCUT2D eigenvalue weighted by molar-refractivity contribution is 5.94. The molecule has 2 aliphatic rings. The van der Waals surface area contributed by atoms with E-state index in [0.29, 0.717) is 17.7 Å². The van der Waals surface area contributed by atoms with Gasteiger partial charge < -0.3 is 19.6 Å². The monoisotopic (exact) mass is 382 g/mol. The lowest BCUT2D eigenvalue weighted by molar-refractivity contribution is 0.0135. The minimum absolute atomic E-state index is 0.160. The quantitative estimate of drug-likeness (QED) is 0.792. The van der Waals surface area contributed by atoms with Gasteiger partial charge in [-0.2, -0.15) is 5.10 Å². The Labute approximate surface area is 157 Å². The Morgan fingerprint density at radius 1 is 1.41 bits per heavy atom. The maximum Gasteiger partial charge on any atom is 0.410 e. The van der Waals surface area contributed by atoms with Gasteiger partial charge in [0.15, 0.2) is 5.67 Å². The number of carbonyl (C=O) groups excluding carboxylic acids is 2. The predicted molar refractivity (Wildman–Crippen MR) is 95.1 cm³/mol. The Bertz CT molecular complexity index is 772. The lowest BCUT2D eigenvalue weighted by Crippen LogP contribution is -2.46. The first-order valence-electron chi connectivity index (χ1n) is 9.07. The molecule has 0 aliphatic carbocycles. The van der Waals surface area contributed by atoms with E-state index in [1.807, 2.05) is 6.92 Å². The number of aliphatic hydroxyl groups is 1. The van der Waals surface area contributed by atoms with Crippen LogP contribution < -0.4 is 0 Å². The van der Waals surface area contributed by atoms with Crippen LogP contribution in [-0.2, 0) is 24.2 Å². The molecule has 3 rings (SSSR count). The van der Waals surface area contributed by atoms with E-state index >= 15 is 0 Å².